The maximum atomic E-state index is 14.1. The summed E-state index contributed by atoms with van der Waals surface area (Å²) in [6.07, 6.45) is 0. The predicted octanol–water partition coefficient (Wildman–Crippen LogP) is 5.84. The SMILES string of the molecule is COc1ccc(Cl)cc1N(CC(=O)N(Cc1cccc(Cl)c1)C(C)C(=O)NC(C)(C)C)S(=O)(=O)c1ccc(C)cc1. The van der Waals surface area contributed by atoms with Crippen LogP contribution in [0.25, 0.3) is 0 Å². The van der Waals surface area contributed by atoms with E-state index in [0.29, 0.717) is 10.6 Å². The molecule has 8 nitrogen and oxygen atoms in total. The highest BCUT2D eigenvalue weighted by molar-refractivity contribution is 7.92. The smallest absolute Gasteiger partial charge is 0.264 e. The maximum absolute atomic E-state index is 14.1. The van der Waals surface area contributed by atoms with Crippen LogP contribution in [0, 0.1) is 6.92 Å². The number of methoxy groups -OCH3 is 1. The van der Waals surface area contributed by atoms with Crippen molar-refractivity contribution in [3.63, 3.8) is 0 Å². The molecule has 0 spiro atoms. The monoisotopic (exact) mass is 619 g/mol. The number of sulfonamides is 1. The minimum absolute atomic E-state index is 0.0159. The molecular weight excluding hydrogens is 585 g/mol. The van der Waals surface area contributed by atoms with Crippen LogP contribution in [0.5, 0.6) is 5.75 Å². The molecular formula is C30H35Cl2N3O5S. The summed E-state index contributed by atoms with van der Waals surface area (Å²) in [6.45, 7) is 8.34. The Hall–Kier alpha value is -3.27. The van der Waals surface area contributed by atoms with Gasteiger partial charge in [0.1, 0.15) is 18.3 Å². The third-order valence-corrected chi connectivity index (χ3v) is 8.45. The molecule has 0 fully saturated rings. The molecule has 0 aliphatic heterocycles. The van der Waals surface area contributed by atoms with Gasteiger partial charge in [-0.1, -0.05) is 53.0 Å². The molecule has 0 saturated heterocycles. The fourth-order valence-electron chi connectivity index (χ4n) is 4.10. The average Bonchev–Trinajstić information content (AvgIpc) is 2.89. The van der Waals surface area contributed by atoms with Gasteiger partial charge in [0.15, 0.2) is 0 Å². The van der Waals surface area contributed by atoms with Crippen LogP contribution < -0.4 is 14.4 Å². The number of amides is 2. The Morgan fingerprint density at radius 3 is 2.20 bits per heavy atom. The fraction of sp³-hybridized carbons (Fsp3) is 0.333. The van der Waals surface area contributed by atoms with E-state index in [1.54, 1.807) is 49.4 Å². The number of carbonyl (C=O) groups excluding carboxylic acids is 2. The molecule has 2 amide bonds. The molecule has 0 aromatic heterocycles. The van der Waals surface area contributed by atoms with E-state index in [0.717, 1.165) is 9.87 Å². The van der Waals surface area contributed by atoms with Crippen LogP contribution in [0.1, 0.15) is 38.8 Å². The van der Waals surface area contributed by atoms with Gasteiger partial charge in [-0.25, -0.2) is 8.42 Å². The number of anilines is 1. The molecule has 1 atom stereocenters. The molecule has 41 heavy (non-hydrogen) atoms. The Morgan fingerprint density at radius 1 is 0.976 bits per heavy atom. The third-order valence-electron chi connectivity index (χ3n) is 6.20. The van der Waals surface area contributed by atoms with Gasteiger partial charge in [-0.15, -0.1) is 0 Å². The summed E-state index contributed by atoms with van der Waals surface area (Å²) in [6, 6.07) is 16.8. The van der Waals surface area contributed by atoms with Crippen molar-refractivity contribution in [2.45, 2.75) is 57.6 Å². The lowest BCUT2D eigenvalue weighted by Crippen LogP contribution is -2.54. The minimum atomic E-state index is -4.28. The number of ether oxygens (including phenoxy) is 1. The zero-order chi connectivity index (χ0) is 30.5. The summed E-state index contributed by atoms with van der Waals surface area (Å²) in [4.78, 5) is 28.6. The van der Waals surface area contributed by atoms with Crippen molar-refractivity contribution in [2.75, 3.05) is 18.0 Å². The molecule has 0 radical (unpaired) electrons. The Labute approximate surface area is 252 Å². The first-order chi connectivity index (χ1) is 19.1. The van der Waals surface area contributed by atoms with E-state index >= 15 is 0 Å². The zero-order valence-electron chi connectivity index (χ0n) is 23.9. The van der Waals surface area contributed by atoms with Crippen LogP contribution in [0.2, 0.25) is 10.0 Å². The number of nitrogens with one attached hydrogen (secondary N) is 1. The molecule has 0 bridgehead atoms. The standard InChI is InChI=1S/C30H35Cl2N3O5S/c1-20-10-13-25(14-11-20)41(38,39)35(26-17-24(32)12-15-27(26)40-6)19-28(36)34(18-22-8-7-9-23(31)16-22)21(2)29(37)33-30(3,4)5/h7-17,21H,18-19H2,1-6H3,(H,33,37). The van der Waals surface area contributed by atoms with Crippen molar-refractivity contribution < 1.29 is 22.7 Å². The first-order valence-electron chi connectivity index (χ1n) is 12.9. The first kappa shape index (κ1) is 32.2. The minimum Gasteiger partial charge on any atom is -0.495 e. The quantitative estimate of drug-likeness (QED) is 0.308. The molecule has 0 aliphatic carbocycles. The molecule has 3 aromatic rings. The van der Waals surface area contributed by atoms with Crippen molar-refractivity contribution in [2.24, 2.45) is 0 Å². The summed E-state index contributed by atoms with van der Waals surface area (Å²) >= 11 is 12.5. The van der Waals surface area contributed by atoms with E-state index in [4.69, 9.17) is 27.9 Å². The summed E-state index contributed by atoms with van der Waals surface area (Å²) in [5.74, 6) is -0.793. The van der Waals surface area contributed by atoms with Crippen molar-refractivity contribution in [1.29, 1.82) is 0 Å². The molecule has 3 rings (SSSR count). The lowest BCUT2D eigenvalue weighted by Gasteiger charge is -2.33. The van der Waals surface area contributed by atoms with Crippen LogP contribution in [0.15, 0.2) is 71.6 Å². The number of hydrogen-bond acceptors (Lipinski definition) is 5. The van der Waals surface area contributed by atoms with E-state index in [1.165, 1.54) is 36.3 Å². The number of rotatable bonds is 10. The van der Waals surface area contributed by atoms with E-state index in [9.17, 15) is 18.0 Å². The topological polar surface area (TPSA) is 96.0 Å². The Morgan fingerprint density at radius 2 is 1.61 bits per heavy atom. The van der Waals surface area contributed by atoms with Crippen molar-refractivity contribution in [3.05, 3.63) is 87.9 Å². The van der Waals surface area contributed by atoms with E-state index in [1.807, 2.05) is 27.7 Å². The van der Waals surface area contributed by atoms with Crippen molar-refractivity contribution >= 4 is 50.7 Å². The highest BCUT2D eigenvalue weighted by atomic mass is 35.5. The number of halogens is 2. The molecule has 11 heteroatoms. The molecule has 1 unspecified atom stereocenters. The van der Waals surface area contributed by atoms with Crippen LogP contribution in [0.3, 0.4) is 0 Å². The fourth-order valence-corrected chi connectivity index (χ4v) is 5.89. The van der Waals surface area contributed by atoms with Gasteiger partial charge in [0.2, 0.25) is 11.8 Å². The Balaban J connectivity index is 2.11. The van der Waals surface area contributed by atoms with Gasteiger partial charge in [0.05, 0.1) is 17.7 Å². The van der Waals surface area contributed by atoms with Crippen molar-refractivity contribution in [3.8, 4) is 5.75 Å². The predicted molar refractivity (Wildman–Crippen MR) is 163 cm³/mol. The van der Waals surface area contributed by atoms with Crippen LogP contribution in [0.4, 0.5) is 5.69 Å². The molecule has 3 aromatic carbocycles. The van der Waals surface area contributed by atoms with Crippen molar-refractivity contribution in [1.82, 2.24) is 10.2 Å². The normalized spacial score (nSPS) is 12.4. The van der Waals surface area contributed by atoms with Gasteiger partial charge in [0, 0.05) is 22.1 Å². The number of benzene rings is 3. The second-order valence-corrected chi connectivity index (χ2v) is 13.4. The molecule has 0 heterocycles. The van der Waals surface area contributed by atoms with Crippen LogP contribution in [-0.4, -0.2) is 50.4 Å². The second-order valence-electron chi connectivity index (χ2n) is 10.7. The average molecular weight is 621 g/mol. The van der Waals surface area contributed by atoms with Gasteiger partial charge in [0.25, 0.3) is 10.0 Å². The third kappa shape index (κ3) is 8.38. The zero-order valence-corrected chi connectivity index (χ0v) is 26.3. The van der Waals surface area contributed by atoms with E-state index in [-0.39, 0.29) is 33.8 Å². The van der Waals surface area contributed by atoms with Gasteiger partial charge in [-0.3, -0.25) is 13.9 Å². The highest BCUT2D eigenvalue weighted by Crippen LogP contribution is 2.35. The molecule has 0 aliphatic rings. The number of aryl methyl sites for hydroxylation is 1. The molecule has 1 N–H and O–H groups in total. The van der Waals surface area contributed by atoms with Gasteiger partial charge < -0.3 is 15.0 Å². The summed E-state index contributed by atoms with van der Waals surface area (Å²) < 4.78 is 34.5. The van der Waals surface area contributed by atoms with Gasteiger partial charge in [-0.2, -0.15) is 0 Å². The van der Waals surface area contributed by atoms with Crippen LogP contribution in [-0.2, 0) is 26.2 Å². The van der Waals surface area contributed by atoms with Gasteiger partial charge in [-0.05, 0) is 82.6 Å². The molecule has 0 saturated carbocycles. The van der Waals surface area contributed by atoms with Crippen LogP contribution >= 0.6 is 23.2 Å². The number of nitrogens with zero attached hydrogens (tertiary/aromatic N) is 2. The van der Waals surface area contributed by atoms with E-state index in [2.05, 4.69) is 5.32 Å². The lowest BCUT2D eigenvalue weighted by molar-refractivity contribution is -0.140. The first-order valence-corrected chi connectivity index (χ1v) is 15.1. The lowest BCUT2D eigenvalue weighted by atomic mass is 10.1. The molecule has 220 valence electrons. The summed E-state index contributed by atoms with van der Waals surface area (Å²) in [7, 11) is -2.88. The number of carbonyl (C=O) groups is 2. The summed E-state index contributed by atoms with van der Waals surface area (Å²) in [5, 5.41) is 3.62. The van der Waals surface area contributed by atoms with E-state index < -0.39 is 34.1 Å². The second kappa shape index (κ2) is 13.1. The Bertz CT molecular complexity index is 1510. The maximum Gasteiger partial charge on any atom is 0.264 e. The highest BCUT2D eigenvalue weighted by Gasteiger charge is 2.34. The summed E-state index contributed by atoms with van der Waals surface area (Å²) in [5.41, 5.74) is 1.08. The largest absolute Gasteiger partial charge is 0.495 e. The van der Waals surface area contributed by atoms with Gasteiger partial charge >= 0.3 is 0 Å². The number of hydrogen-bond donors (Lipinski definition) is 1. The Kier molecular flexibility index (Phi) is 10.3.